The van der Waals surface area contributed by atoms with Crippen LogP contribution < -0.4 is 5.32 Å². The molecule has 3 N–H and O–H groups in total. The summed E-state index contributed by atoms with van der Waals surface area (Å²) in [4.78, 5) is 23.7. The van der Waals surface area contributed by atoms with E-state index >= 15 is 0 Å². The third-order valence-electron chi connectivity index (χ3n) is 2.76. The van der Waals surface area contributed by atoms with Crippen molar-refractivity contribution in [1.82, 2.24) is 10.2 Å². The van der Waals surface area contributed by atoms with Gasteiger partial charge in [0.15, 0.2) is 6.23 Å². The van der Waals surface area contributed by atoms with Gasteiger partial charge in [0.2, 0.25) is 5.91 Å². The predicted octanol–water partition coefficient (Wildman–Crippen LogP) is -1.60. The van der Waals surface area contributed by atoms with Gasteiger partial charge in [-0.05, 0) is 0 Å². The third-order valence-corrected chi connectivity index (χ3v) is 2.76. The molecule has 0 aliphatic carbocycles. The van der Waals surface area contributed by atoms with Crippen LogP contribution in [-0.4, -0.2) is 58.6 Å². The highest BCUT2D eigenvalue weighted by Crippen LogP contribution is 2.24. The molecule has 0 spiro atoms. The Bertz CT molecular complexity index is 308. The van der Waals surface area contributed by atoms with Crippen molar-refractivity contribution >= 4 is 11.9 Å². The molecule has 16 heavy (non-hydrogen) atoms. The number of hydrogen-bond donors (Lipinski definition) is 3. The van der Waals surface area contributed by atoms with E-state index in [4.69, 9.17) is 9.84 Å². The fraction of sp³-hybridized carbons (Fsp3) is 0.778. The lowest BCUT2D eigenvalue weighted by Crippen LogP contribution is -2.56. The summed E-state index contributed by atoms with van der Waals surface area (Å²) in [6.45, 7) is 0.0342. The molecule has 0 bridgehead atoms. The van der Waals surface area contributed by atoms with Gasteiger partial charge in [-0.3, -0.25) is 15.0 Å². The molecule has 7 nitrogen and oxygen atoms in total. The fourth-order valence-corrected chi connectivity index (χ4v) is 1.95. The van der Waals surface area contributed by atoms with Gasteiger partial charge in [0.1, 0.15) is 6.10 Å². The first-order valence-electron chi connectivity index (χ1n) is 5.16. The zero-order valence-corrected chi connectivity index (χ0v) is 8.63. The lowest BCUT2D eigenvalue weighted by Gasteiger charge is -2.32. The van der Waals surface area contributed by atoms with Gasteiger partial charge in [0.05, 0.1) is 12.7 Å². The Morgan fingerprint density at radius 1 is 1.50 bits per heavy atom. The summed E-state index contributed by atoms with van der Waals surface area (Å²) in [5.74, 6) is -0.326. The summed E-state index contributed by atoms with van der Waals surface area (Å²) < 4.78 is 5.32. The van der Waals surface area contributed by atoms with Crippen molar-refractivity contribution in [3.05, 3.63) is 0 Å². The SMILES string of the molecule is O=C1CCN([C@@H]2O[C@H](CO)C[C@@H]2O)C(=O)N1. The highest BCUT2D eigenvalue weighted by atomic mass is 16.5. The van der Waals surface area contributed by atoms with Crippen LogP contribution in [0.1, 0.15) is 12.8 Å². The quantitative estimate of drug-likeness (QED) is 0.530. The summed E-state index contributed by atoms with van der Waals surface area (Å²) in [5.41, 5.74) is 0. The van der Waals surface area contributed by atoms with Gasteiger partial charge in [-0.2, -0.15) is 0 Å². The molecule has 0 saturated carbocycles. The van der Waals surface area contributed by atoms with Crippen molar-refractivity contribution in [3.8, 4) is 0 Å². The highest BCUT2D eigenvalue weighted by Gasteiger charge is 2.41. The molecule has 3 atom stereocenters. The molecule has 7 heteroatoms. The number of nitrogens with one attached hydrogen (secondary N) is 1. The van der Waals surface area contributed by atoms with Gasteiger partial charge < -0.3 is 14.9 Å². The molecule has 90 valence electrons. The fourth-order valence-electron chi connectivity index (χ4n) is 1.95. The summed E-state index contributed by atoms with van der Waals surface area (Å²) in [6.07, 6.45) is -1.56. The molecule has 2 heterocycles. The van der Waals surface area contributed by atoms with E-state index in [9.17, 15) is 14.7 Å². The maximum atomic E-state index is 11.5. The third kappa shape index (κ3) is 2.01. The Morgan fingerprint density at radius 3 is 2.81 bits per heavy atom. The van der Waals surface area contributed by atoms with Crippen molar-refractivity contribution in [2.24, 2.45) is 0 Å². The van der Waals surface area contributed by atoms with Crippen LogP contribution in [0.2, 0.25) is 0 Å². The molecular weight excluding hydrogens is 216 g/mol. The second kappa shape index (κ2) is 4.36. The average molecular weight is 230 g/mol. The molecule has 0 aromatic carbocycles. The van der Waals surface area contributed by atoms with E-state index < -0.39 is 24.5 Å². The highest BCUT2D eigenvalue weighted by molar-refractivity contribution is 5.96. The van der Waals surface area contributed by atoms with Crippen molar-refractivity contribution in [1.29, 1.82) is 0 Å². The second-order valence-electron chi connectivity index (χ2n) is 3.93. The van der Waals surface area contributed by atoms with E-state index in [1.54, 1.807) is 0 Å². The molecule has 0 radical (unpaired) electrons. The van der Waals surface area contributed by atoms with E-state index in [0.29, 0.717) is 6.42 Å². The van der Waals surface area contributed by atoms with Crippen LogP contribution in [0.5, 0.6) is 0 Å². The molecule has 0 unspecified atom stereocenters. The predicted molar refractivity (Wildman–Crippen MR) is 51.2 cm³/mol. The Labute approximate surface area is 92.0 Å². The lowest BCUT2D eigenvalue weighted by molar-refractivity contribution is -0.125. The number of rotatable bonds is 2. The number of ether oxygens (including phenoxy) is 1. The Balaban J connectivity index is 2.02. The number of amides is 3. The van der Waals surface area contributed by atoms with Gasteiger partial charge in [0, 0.05) is 19.4 Å². The van der Waals surface area contributed by atoms with Crippen LogP contribution in [0.4, 0.5) is 4.79 Å². The topological polar surface area (TPSA) is 99.1 Å². The number of aliphatic hydroxyl groups is 2. The molecule has 3 amide bonds. The van der Waals surface area contributed by atoms with Crippen LogP contribution >= 0.6 is 0 Å². The Hall–Kier alpha value is -1.18. The number of nitrogens with zero attached hydrogens (tertiary/aromatic N) is 1. The van der Waals surface area contributed by atoms with Crippen molar-refractivity contribution in [3.63, 3.8) is 0 Å². The first-order valence-corrected chi connectivity index (χ1v) is 5.16. The zero-order valence-electron chi connectivity index (χ0n) is 8.63. The maximum Gasteiger partial charge on any atom is 0.326 e. The molecule has 0 aromatic heterocycles. The van der Waals surface area contributed by atoms with Crippen LogP contribution in [0, 0.1) is 0 Å². The molecule has 2 aliphatic heterocycles. The zero-order chi connectivity index (χ0) is 11.7. The van der Waals surface area contributed by atoms with Gasteiger partial charge in [-0.15, -0.1) is 0 Å². The number of imide groups is 1. The summed E-state index contributed by atoms with van der Waals surface area (Å²) in [5, 5.41) is 20.7. The smallest absolute Gasteiger partial charge is 0.326 e. The van der Waals surface area contributed by atoms with Crippen LogP contribution in [0.3, 0.4) is 0 Å². The lowest BCUT2D eigenvalue weighted by atomic mass is 10.2. The number of aliphatic hydroxyl groups excluding tert-OH is 2. The number of urea groups is 1. The summed E-state index contributed by atoms with van der Waals surface area (Å²) >= 11 is 0. The molecule has 2 saturated heterocycles. The number of carbonyl (C=O) groups is 2. The molecule has 2 fully saturated rings. The minimum absolute atomic E-state index is 0.193. The van der Waals surface area contributed by atoms with Crippen LogP contribution in [0.15, 0.2) is 0 Å². The Morgan fingerprint density at radius 2 is 2.25 bits per heavy atom. The molecule has 0 aromatic rings. The first kappa shape index (κ1) is 11.3. The van der Waals surface area contributed by atoms with Gasteiger partial charge in [0.25, 0.3) is 0 Å². The van der Waals surface area contributed by atoms with E-state index in [1.807, 2.05) is 0 Å². The first-order chi connectivity index (χ1) is 7.61. The normalized spacial score (nSPS) is 35.4. The van der Waals surface area contributed by atoms with Gasteiger partial charge >= 0.3 is 6.03 Å². The van der Waals surface area contributed by atoms with Crippen LogP contribution in [0.25, 0.3) is 0 Å². The number of carbonyl (C=O) groups excluding carboxylic acids is 2. The average Bonchev–Trinajstić information content (AvgIpc) is 2.60. The minimum Gasteiger partial charge on any atom is -0.394 e. The van der Waals surface area contributed by atoms with Crippen molar-refractivity contribution < 1.29 is 24.5 Å². The van der Waals surface area contributed by atoms with E-state index in [-0.39, 0.29) is 25.5 Å². The largest absolute Gasteiger partial charge is 0.394 e. The Kier molecular flexibility index (Phi) is 3.08. The van der Waals surface area contributed by atoms with Crippen LogP contribution in [-0.2, 0) is 9.53 Å². The summed E-state index contributed by atoms with van der Waals surface area (Å²) in [7, 11) is 0. The second-order valence-corrected chi connectivity index (χ2v) is 3.93. The van der Waals surface area contributed by atoms with Crippen molar-refractivity contribution in [2.75, 3.05) is 13.2 Å². The minimum atomic E-state index is -0.823. The summed E-state index contributed by atoms with van der Waals surface area (Å²) in [6, 6.07) is -0.557. The van der Waals surface area contributed by atoms with Gasteiger partial charge in [-0.25, -0.2) is 4.79 Å². The molecule has 2 aliphatic rings. The molecular formula is C9H14N2O5. The standard InChI is InChI=1S/C9H14N2O5/c12-4-5-3-6(13)8(16-5)11-2-1-7(14)10-9(11)15/h5-6,8,12-13H,1-4H2,(H,10,14,15)/t5-,6-,8+/m0/s1. The maximum absolute atomic E-state index is 11.5. The monoisotopic (exact) mass is 230 g/mol. The van der Waals surface area contributed by atoms with E-state index in [1.165, 1.54) is 4.90 Å². The van der Waals surface area contributed by atoms with Crippen molar-refractivity contribution in [2.45, 2.75) is 31.3 Å². The van der Waals surface area contributed by atoms with E-state index in [2.05, 4.69) is 5.32 Å². The molecule has 2 rings (SSSR count). The number of hydrogen-bond acceptors (Lipinski definition) is 5. The van der Waals surface area contributed by atoms with Gasteiger partial charge in [-0.1, -0.05) is 0 Å². The van der Waals surface area contributed by atoms with E-state index in [0.717, 1.165) is 0 Å².